The number of benzene rings is 3. The van der Waals surface area contributed by atoms with Crippen LogP contribution >= 0.6 is 23.2 Å². The van der Waals surface area contributed by atoms with Crippen LogP contribution < -0.4 is 15.4 Å². The molecule has 3 rings (SSSR count). The monoisotopic (exact) mass is 479 g/mol. The highest BCUT2D eigenvalue weighted by Gasteiger charge is 2.11. The summed E-state index contributed by atoms with van der Waals surface area (Å²) in [6.07, 6.45) is 1.45. The predicted molar refractivity (Wildman–Crippen MR) is 130 cm³/mol. The van der Waals surface area contributed by atoms with Gasteiger partial charge in [0.25, 0.3) is 11.8 Å². The molecule has 2 N–H and O–H groups in total. The largest absolute Gasteiger partial charge is 0.484 e. The number of halogens is 2. The number of nitrogens with zero attached hydrogens (tertiary/aromatic N) is 1. The summed E-state index contributed by atoms with van der Waals surface area (Å²) in [7, 11) is 0. The number of ether oxygens (including phenoxy) is 1. The highest BCUT2D eigenvalue weighted by Crippen LogP contribution is 2.25. The minimum atomic E-state index is -0.515. The Morgan fingerprint density at radius 2 is 1.79 bits per heavy atom. The summed E-state index contributed by atoms with van der Waals surface area (Å²) in [6, 6.07) is 20.7. The van der Waals surface area contributed by atoms with Gasteiger partial charge in [-0.2, -0.15) is 5.26 Å². The van der Waals surface area contributed by atoms with Gasteiger partial charge < -0.3 is 15.4 Å². The third kappa shape index (κ3) is 6.84. The van der Waals surface area contributed by atoms with E-state index in [1.807, 2.05) is 25.1 Å². The molecular weight excluding hydrogens is 461 g/mol. The van der Waals surface area contributed by atoms with Gasteiger partial charge in [0.1, 0.15) is 17.4 Å². The second-order valence-corrected chi connectivity index (χ2v) is 7.79. The summed E-state index contributed by atoms with van der Waals surface area (Å²) in [4.78, 5) is 24.7. The summed E-state index contributed by atoms with van der Waals surface area (Å²) < 4.78 is 5.54. The fraction of sp³-hybridized carbons (Fsp3) is 0.0800. The van der Waals surface area contributed by atoms with Gasteiger partial charge in [-0.15, -0.1) is 0 Å². The molecule has 0 fully saturated rings. The molecule has 0 bridgehead atoms. The topological polar surface area (TPSA) is 91.2 Å². The standard InChI is InChI=1S/C25H19Cl2N3O3/c1-16-5-2-3-8-23(16)30-25(32)18(14-28)11-17-6-4-7-20(12-17)33-15-24(31)29-19-9-10-21(26)22(27)13-19/h2-13H,15H2,1H3,(H,29,31)(H,30,32)/b18-11-. The lowest BCUT2D eigenvalue weighted by Gasteiger charge is -2.09. The fourth-order valence-corrected chi connectivity index (χ4v) is 3.13. The van der Waals surface area contributed by atoms with E-state index >= 15 is 0 Å². The summed E-state index contributed by atoms with van der Waals surface area (Å²) in [5.41, 5.74) is 2.53. The number of aryl methyl sites for hydroxylation is 1. The normalized spacial score (nSPS) is 10.8. The van der Waals surface area contributed by atoms with Crippen LogP contribution in [0.15, 0.2) is 72.3 Å². The molecule has 0 aromatic heterocycles. The van der Waals surface area contributed by atoms with Crippen molar-refractivity contribution in [1.29, 1.82) is 5.26 Å². The second kappa shape index (κ2) is 11.2. The average Bonchev–Trinajstić information content (AvgIpc) is 2.80. The molecule has 0 spiro atoms. The first-order valence-corrected chi connectivity index (χ1v) is 10.6. The molecule has 0 radical (unpaired) electrons. The number of nitriles is 1. The van der Waals surface area contributed by atoms with Gasteiger partial charge in [0.15, 0.2) is 6.61 Å². The van der Waals surface area contributed by atoms with Crippen LogP contribution in [0, 0.1) is 18.3 Å². The zero-order chi connectivity index (χ0) is 23.8. The smallest absolute Gasteiger partial charge is 0.266 e. The zero-order valence-corrected chi connectivity index (χ0v) is 19.1. The van der Waals surface area contributed by atoms with Crippen molar-refractivity contribution in [3.63, 3.8) is 0 Å². The molecule has 2 amide bonds. The number of hydrogen-bond donors (Lipinski definition) is 2. The number of hydrogen-bond acceptors (Lipinski definition) is 4. The van der Waals surface area contributed by atoms with Gasteiger partial charge in [-0.05, 0) is 60.5 Å². The Bertz CT molecular complexity index is 1270. The Morgan fingerprint density at radius 3 is 2.52 bits per heavy atom. The van der Waals surface area contributed by atoms with Crippen LogP contribution in [-0.2, 0) is 9.59 Å². The zero-order valence-electron chi connectivity index (χ0n) is 17.6. The molecule has 0 unspecified atom stereocenters. The summed E-state index contributed by atoms with van der Waals surface area (Å²) in [6.45, 7) is 1.62. The lowest BCUT2D eigenvalue weighted by Crippen LogP contribution is -2.20. The van der Waals surface area contributed by atoms with Gasteiger partial charge in [-0.25, -0.2) is 0 Å². The number of carbonyl (C=O) groups excluding carboxylic acids is 2. The van der Waals surface area contributed by atoms with Crippen molar-refractivity contribution in [3.05, 3.63) is 93.5 Å². The molecule has 0 aliphatic rings. The molecule has 0 heterocycles. The summed E-state index contributed by atoms with van der Waals surface area (Å²) in [5.74, 6) is -0.492. The Balaban J connectivity index is 1.64. The van der Waals surface area contributed by atoms with Gasteiger partial charge in [0.05, 0.1) is 10.0 Å². The molecule has 0 aliphatic carbocycles. The van der Waals surface area contributed by atoms with Crippen LogP contribution in [0.2, 0.25) is 10.0 Å². The van der Waals surface area contributed by atoms with Crippen molar-refractivity contribution in [2.24, 2.45) is 0 Å². The number of para-hydroxylation sites is 1. The maximum absolute atomic E-state index is 12.5. The van der Waals surface area contributed by atoms with Crippen LogP contribution in [0.1, 0.15) is 11.1 Å². The Morgan fingerprint density at radius 1 is 1.00 bits per heavy atom. The highest BCUT2D eigenvalue weighted by molar-refractivity contribution is 6.42. The lowest BCUT2D eigenvalue weighted by molar-refractivity contribution is -0.118. The fourth-order valence-electron chi connectivity index (χ4n) is 2.83. The molecule has 0 saturated carbocycles. The van der Waals surface area contributed by atoms with Crippen molar-refractivity contribution < 1.29 is 14.3 Å². The van der Waals surface area contributed by atoms with E-state index in [4.69, 9.17) is 27.9 Å². The molecule has 0 aliphatic heterocycles. The van der Waals surface area contributed by atoms with Crippen LogP contribution in [0.4, 0.5) is 11.4 Å². The van der Waals surface area contributed by atoms with Crippen LogP contribution in [0.3, 0.4) is 0 Å². The molecule has 6 nitrogen and oxygen atoms in total. The van der Waals surface area contributed by atoms with Crippen molar-refractivity contribution in [1.82, 2.24) is 0 Å². The van der Waals surface area contributed by atoms with Crippen molar-refractivity contribution in [2.45, 2.75) is 6.92 Å². The van der Waals surface area contributed by atoms with E-state index in [1.165, 1.54) is 6.08 Å². The van der Waals surface area contributed by atoms with Gasteiger partial charge in [0.2, 0.25) is 0 Å². The summed E-state index contributed by atoms with van der Waals surface area (Å²) in [5, 5.41) is 15.6. The number of carbonyl (C=O) groups is 2. The van der Waals surface area contributed by atoms with E-state index in [0.717, 1.165) is 5.56 Å². The van der Waals surface area contributed by atoms with E-state index in [1.54, 1.807) is 54.6 Å². The van der Waals surface area contributed by atoms with E-state index < -0.39 is 5.91 Å². The quantitative estimate of drug-likeness (QED) is 0.327. The molecule has 0 atom stereocenters. The molecule has 3 aromatic carbocycles. The molecule has 0 saturated heterocycles. The van der Waals surface area contributed by atoms with Gasteiger partial charge in [-0.3, -0.25) is 9.59 Å². The van der Waals surface area contributed by atoms with E-state index in [9.17, 15) is 14.9 Å². The number of nitrogens with one attached hydrogen (secondary N) is 2. The summed E-state index contributed by atoms with van der Waals surface area (Å²) >= 11 is 11.8. The van der Waals surface area contributed by atoms with Gasteiger partial charge >= 0.3 is 0 Å². The molecule has 8 heteroatoms. The first kappa shape index (κ1) is 23.9. The third-order valence-electron chi connectivity index (χ3n) is 4.50. The maximum Gasteiger partial charge on any atom is 0.266 e. The molecule has 166 valence electrons. The number of anilines is 2. The van der Waals surface area contributed by atoms with Gasteiger partial charge in [-0.1, -0.05) is 53.5 Å². The highest BCUT2D eigenvalue weighted by atomic mass is 35.5. The molecule has 3 aromatic rings. The predicted octanol–water partition coefficient (Wildman–Crippen LogP) is 5.87. The first-order valence-electron chi connectivity index (χ1n) is 9.82. The minimum absolute atomic E-state index is 0.0623. The van der Waals surface area contributed by atoms with Crippen LogP contribution in [-0.4, -0.2) is 18.4 Å². The SMILES string of the molecule is Cc1ccccc1NC(=O)/C(C#N)=C\c1cccc(OCC(=O)Nc2ccc(Cl)c(Cl)c2)c1. The van der Waals surface area contributed by atoms with Crippen LogP contribution in [0.25, 0.3) is 6.08 Å². The third-order valence-corrected chi connectivity index (χ3v) is 5.24. The van der Waals surface area contributed by atoms with E-state index in [-0.39, 0.29) is 18.1 Å². The van der Waals surface area contributed by atoms with Crippen LogP contribution in [0.5, 0.6) is 5.75 Å². The minimum Gasteiger partial charge on any atom is -0.484 e. The maximum atomic E-state index is 12.5. The Labute approximate surface area is 201 Å². The molecular formula is C25H19Cl2N3O3. The van der Waals surface area contributed by atoms with E-state index in [2.05, 4.69) is 10.6 Å². The Hall–Kier alpha value is -3.79. The van der Waals surface area contributed by atoms with Crippen molar-refractivity contribution in [3.8, 4) is 11.8 Å². The second-order valence-electron chi connectivity index (χ2n) is 6.98. The van der Waals surface area contributed by atoms with Crippen molar-refractivity contribution in [2.75, 3.05) is 17.2 Å². The molecule has 33 heavy (non-hydrogen) atoms. The van der Waals surface area contributed by atoms with E-state index in [0.29, 0.717) is 32.7 Å². The average molecular weight is 480 g/mol. The first-order chi connectivity index (χ1) is 15.9. The van der Waals surface area contributed by atoms with Crippen molar-refractivity contribution >= 4 is 52.5 Å². The Kier molecular flexibility index (Phi) is 8.09. The van der Waals surface area contributed by atoms with Gasteiger partial charge in [0, 0.05) is 11.4 Å². The lowest BCUT2D eigenvalue weighted by atomic mass is 10.1. The number of amides is 2. The number of rotatable bonds is 7.